The number of rotatable bonds is 7. The molecule has 3 aromatic carbocycles. The molecule has 0 saturated carbocycles. The largest absolute Gasteiger partial charge is 0.488 e. The van der Waals surface area contributed by atoms with Crippen molar-refractivity contribution in [3.63, 3.8) is 0 Å². The Kier molecular flexibility index (Phi) is 6.46. The summed E-state index contributed by atoms with van der Waals surface area (Å²) in [6.07, 6.45) is 6.81. The van der Waals surface area contributed by atoms with E-state index in [-0.39, 0.29) is 18.6 Å². The van der Waals surface area contributed by atoms with Gasteiger partial charge in [0, 0.05) is 11.1 Å². The van der Waals surface area contributed by atoms with Crippen LogP contribution in [0.1, 0.15) is 65.4 Å². The minimum absolute atomic E-state index is 0.0389. The first-order valence-corrected chi connectivity index (χ1v) is 12.7. The third-order valence-corrected chi connectivity index (χ3v) is 7.15. The summed E-state index contributed by atoms with van der Waals surface area (Å²) in [6.45, 7) is 6.45. The molecule has 1 N–H and O–H groups in total. The first-order valence-electron chi connectivity index (χ1n) is 12.7. The number of aliphatic hydroxyl groups is 1. The van der Waals surface area contributed by atoms with Crippen LogP contribution in [0.15, 0.2) is 65.9 Å². The Labute approximate surface area is 216 Å². The molecule has 0 aromatic heterocycles. The fraction of sp³-hybridized carbons (Fsp3) is 0.323. The summed E-state index contributed by atoms with van der Waals surface area (Å²) in [5, 5.41) is 14.7. The van der Waals surface area contributed by atoms with E-state index in [4.69, 9.17) is 9.47 Å². The lowest BCUT2D eigenvalue weighted by Crippen LogP contribution is -2.45. The fourth-order valence-corrected chi connectivity index (χ4v) is 5.12. The molecule has 6 nitrogen and oxygen atoms in total. The monoisotopic (exact) mass is 497 g/mol. The number of Topliss-reactive ketones (excluding diaryl/α,β-unsaturated/α-hetero) is 1. The number of ketones is 1. The van der Waals surface area contributed by atoms with Crippen molar-refractivity contribution < 1.29 is 19.4 Å². The van der Waals surface area contributed by atoms with Crippen molar-refractivity contribution in [2.24, 2.45) is 10.6 Å². The van der Waals surface area contributed by atoms with Gasteiger partial charge in [0.15, 0.2) is 5.60 Å². The van der Waals surface area contributed by atoms with E-state index in [2.05, 4.69) is 32.0 Å². The average Bonchev–Trinajstić information content (AvgIpc) is 2.89. The summed E-state index contributed by atoms with van der Waals surface area (Å²) in [6, 6.07) is 16.1. The zero-order chi connectivity index (χ0) is 26.2. The smallest absolute Gasteiger partial charge is 0.206 e. The van der Waals surface area contributed by atoms with Crippen molar-refractivity contribution in [3.05, 3.63) is 99.0 Å². The molecule has 0 bridgehead atoms. The predicted molar refractivity (Wildman–Crippen MR) is 143 cm³/mol. The van der Waals surface area contributed by atoms with Crippen LogP contribution in [0.3, 0.4) is 0 Å². The second-order valence-corrected chi connectivity index (χ2v) is 10.6. The molecule has 0 radical (unpaired) electrons. The summed E-state index contributed by atoms with van der Waals surface area (Å²) in [7, 11) is 0. The summed E-state index contributed by atoms with van der Waals surface area (Å²) in [5.41, 5.74) is 3.18. The zero-order valence-corrected chi connectivity index (χ0v) is 21.4. The number of hydrogen-bond acceptors (Lipinski definition) is 6. The predicted octanol–water partition coefficient (Wildman–Crippen LogP) is 6.67. The molecule has 0 spiro atoms. The number of ether oxygens (including phenoxy) is 2. The Balaban J connectivity index is 1.49. The number of allylic oxidation sites excluding steroid dienone is 1. The molecular weight excluding hydrogens is 466 g/mol. The number of carbonyl (C=O) groups excluding carboxylic acids is 1. The van der Waals surface area contributed by atoms with Crippen LogP contribution in [0.2, 0.25) is 0 Å². The number of carbonyl (C=O) groups is 1. The zero-order valence-electron chi connectivity index (χ0n) is 21.4. The van der Waals surface area contributed by atoms with Crippen molar-refractivity contribution in [2.45, 2.75) is 52.2 Å². The van der Waals surface area contributed by atoms with Gasteiger partial charge in [-0.1, -0.05) is 69.7 Å². The second-order valence-electron chi connectivity index (χ2n) is 10.6. The van der Waals surface area contributed by atoms with Crippen molar-refractivity contribution in [2.75, 3.05) is 6.61 Å². The molecule has 0 amide bonds. The Morgan fingerprint density at radius 2 is 1.81 bits per heavy atom. The number of aryl methyl sites for hydroxylation is 1. The van der Waals surface area contributed by atoms with Gasteiger partial charge in [-0.25, -0.2) is 0 Å². The average molecular weight is 498 g/mol. The normalized spacial score (nSPS) is 19.5. The van der Waals surface area contributed by atoms with Crippen molar-refractivity contribution in [1.82, 2.24) is 0 Å². The molecule has 2 aliphatic rings. The molecular formula is C31H31NO5. The van der Waals surface area contributed by atoms with Gasteiger partial charge in [-0.2, -0.15) is 0 Å². The summed E-state index contributed by atoms with van der Waals surface area (Å²) >= 11 is 0. The standard InChI is InChI=1S/C31H31NO5/c1-4-5-20-8-13-26(27(16-20)36-18-21-6-10-23(32-35)11-7-21)31(34)19-37-28-24-14-15-30(2,3)17-22(24)9-12-25(28)29(31)33/h6-16,34H,4-5,17-19H2,1-3H3. The van der Waals surface area contributed by atoms with Crippen LogP contribution >= 0.6 is 0 Å². The molecule has 0 fully saturated rings. The van der Waals surface area contributed by atoms with Crippen molar-refractivity contribution >= 4 is 17.5 Å². The van der Waals surface area contributed by atoms with E-state index in [1.165, 1.54) is 0 Å². The van der Waals surface area contributed by atoms with Crippen LogP contribution in [0.4, 0.5) is 5.69 Å². The first kappa shape index (κ1) is 24.9. The third kappa shape index (κ3) is 4.69. The number of hydrogen-bond donors (Lipinski definition) is 1. The maximum atomic E-state index is 13.8. The number of nitroso groups, excluding NO2 is 1. The van der Waals surface area contributed by atoms with Crippen LogP contribution in [0.5, 0.6) is 11.5 Å². The molecule has 37 heavy (non-hydrogen) atoms. The van der Waals surface area contributed by atoms with Gasteiger partial charge < -0.3 is 14.6 Å². The number of fused-ring (bicyclic) bond motifs is 3. The second kappa shape index (κ2) is 9.60. The van der Waals surface area contributed by atoms with E-state index in [0.717, 1.165) is 41.5 Å². The summed E-state index contributed by atoms with van der Waals surface area (Å²) in [5.74, 6) is 0.572. The van der Waals surface area contributed by atoms with Gasteiger partial charge in [-0.15, -0.1) is 4.91 Å². The molecule has 1 unspecified atom stereocenters. The SMILES string of the molecule is CCCc1ccc(C2(O)COc3c(ccc4c3C=CC(C)(C)C4)C2=O)c(OCc2ccc(N=O)cc2)c1. The number of benzene rings is 3. The van der Waals surface area contributed by atoms with Crippen LogP contribution in [-0.4, -0.2) is 17.5 Å². The minimum atomic E-state index is -1.88. The van der Waals surface area contributed by atoms with Gasteiger partial charge in [-0.05, 0) is 64.4 Å². The van der Waals surface area contributed by atoms with Crippen LogP contribution < -0.4 is 9.47 Å². The van der Waals surface area contributed by atoms with E-state index in [9.17, 15) is 14.8 Å². The van der Waals surface area contributed by atoms with E-state index in [1.807, 2.05) is 24.3 Å². The fourth-order valence-electron chi connectivity index (χ4n) is 5.12. The van der Waals surface area contributed by atoms with E-state index in [1.54, 1.807) is 36.4 Å². The molecule has 190 valence electrons. The highest BCUT2D eigenvalue weighted by atomic mass is 16.5. The van der Waals surface area contributed by atoms with Gasteiger partial charge in [0.25, 0.3) is 0 Å². The quantitative estimate of drug-likeness (QED) is 0.368. The molecule has 1 aliphatic carbocycles. The van der Waals surface area contributed by atoms with Gasteiger partial charge in [-0.3, -0.25) is 4.79 Å². The van der Waals surface area contributed by atoms with Gasteiger partial charge in [0.2, 0.25) is 5.78 Å². The van der Waals surface area contributed by atoms with Crippen molar-refractivity contribution in [3.8, 4) is 11.5 Å². The maximum absolute atomic E-state index is 13.8. The topological polar surface area (TPSA) is 85.2 Å². The van der Waals surface area contributed by atoms with Crippen LogP contribution in [0, 0.1) is 10.3 Å². The Morgan fingerprint density at radius 1 is 1.05 bits per heavy atom. The lowest BCUT2D eigenvalue weighted by molar-refractivity contribution is -0.00676. The van der Waals surface area contributed by atoms with Crippen LogP contribution in [-0.2, 0) is 25.0 Å². The highest BCUT2D eigenvalue weighted by Crippen LogP contribution is 2.44. The van der Waals surface area contributed by atoms with E-state index < -0.39 is 11.4 Å². The maximum Gasteiger partial charge on any atom is 0.206 e. The number of nitrogens with zero attached hydrogens (tertiary/aromatic N) is 1. The van der Waals surface area contributed by atoms with Crippen LogP contribution in [0.25, 0.3) is 6.08 Å². The summed E-state index contributed by atoms with van der Waals surface area (Å²) in [4.78, 5) is 24.5. The Hall–Kier alpha value is -3.77. The molecule has 3 aromatic rings. The van der Waals surface area contributed by atoms with Gasteiger partial charge in [0.1, 0.15) is 30.4 Å². The highest BCUT2D eigenvalue weighted by Gasteiger charge is 2.47. The summed E-state index contributed by atoms with van der Waals surface area (Å²) < 4.78 is 12.3. The highest BCUT2D eigenvalue weighted by molar-refractivity contribution is 6.07. The molecule has 1 heterocycles. The Morgan fingerprint density at radius 3 is 2.54 bits per heavy atom. The lowest BCUT2D eigenvalue weighted by Gasteiger charge is -2.36. The van der Waals surface area contributed by atoms with Gasteiger partial charge in [0.05, 0.1) is 5.56 Å². The van der Waals surface area contributed by atoms with E-state index >= 15 is 0 Å². The van der Waals surface area contributed by atoms with Gasteiger partial charge >= 0.3 is 0 Å². The first-order chi connectivity index (χ1) is 17.7. The van der Waals surface area contributed by atoms with E-state index in [0.29, 0.717) is 28.3 Å². The third-order valence-electron chi connectivity index (χ3n) is 7.15. The lowest BCUT2D eigenvalue weighted by atomic mass is 9.77. The molecule has 0 saturated heterocycles. The molecule has 1 aliphatic heterocycles. The molecule has 6 heteroatoms. The minimum Gasteiger partial charge on any atom is -0.488 e. The molecule has 5 rings (SSSR count). The Bertz CT molecular complexity index is 1390. The van der Waals surface area contributed by atoms with Crippen molar-refractivity contribution in [1.29, 1.82) is 0 Å². The molecule has 1 atom stereocenters.